The maximum Gasteiger partial charge on any atom is 0.241 e. The molecule has 0 aromatic carbocycles. The number of amides is 1. The van der Waals surface area contributed by atoms with Crippen LogP contribution in [-0.4, -0.2) is 24.0 Å². The summed E-state index contributed by atoms with van der Waals surface area (Å²) in [5.74, 6) is 0.273. The summed E-state index contributed by atoms with van der Waals surface area (Å²) in [6, 6.07) is 2.81. The molecule has 0 saturated heterocycles. The third kappa shape index (κ3) is 2.99. The lowest BCUT2D eigenvalue weighted by molar-refractivity contribution is -0.121. The van der Waals surface area contributed by atoms with Crippen LogP contribution in [0.25, 0.3) is 0 Å². The summed E-state index contributed by atoms with van der Waals surface area (Å²) in [6.07, 6.45) is 0. The van der Waals surface area contributed by atoms with E-state index in [2.05, 4.69) is 15.6 Å². The van der Waals surface area contributed by atoms with E-state index in [-0.39, 0.29) is 5.91 Å². The number of nitrogens with one attached hydrogen (secondary N) is 2. The highest BCUT2D eigenvalue weighted by molar-refractivity contribution is 6.29. The first-order chi connectivity index (χ1) is 7.04. The molecule has 1 aromatic heterocycles. The monoisotopic (exact) mass is 228 g/mol. The second kappa shape index (κ2) is 4.84. The van der Waals surface area contributed by atoms with Crippen LogP contribution in [0.5, 0.6) is 0 Å². The maximum atomic E-state index is 11.2. The summed E-state index contributed by atoms with van der Waals surface area (Å²) >= 11 is 5.71. The highest BCUT2D eigenvalue weighted by Crippen LogP contribution is 2.18. The summed E-state index contributed by atoms with van der Waals surface area (Å²) in [4.78, 5) is 15.2. The molecular weight excluding hydrogens is 216 g/mol. The molecule has 6 heteroatoms. The van der Waals surface area contributed by atoms with Crippen molar-refractivity contribution in [2.75, 3.05) is 18.1 Å². The van der Waals surface area contributed by atoms with Gasteiger partial charge in [0.15, 0.2) is 5.82 Å². The number of rotatable bonds is 3. The number of halogens is 1. The Morgan fingerprint density at radius 1 is 1.60 bits per heavy atom. The lowest BCUT2D eigenvalue weighted by Crippen LogP contribution is -2.35. The Morgan fingerprint density at radius 3 is 2.87 bits per heavy atom. The van der Waals surface area contributed by atoms with E-state index < -0.39 is 6.04 Å². The van der Waals surface area contributed by atoms with Gasteiger partial charge in [-0.1, -0.05) is 11.6 Å². The van der Waals surface area contributed by atoms with Gasteiger partial charge in [-0.25, -0.2) is 4.98 Å². The number of nitrogens with zero attached hydrogens (tertiary/aromatic N) is 1. The fourth-order valence-corrected chi connectivity index (χ4v) is 1.20. The largest absolute Gasteiger partial charge is 0.396 e. The Labute approximate surface area is 93.0 Å². The second-order valence-electron chi connectivity index (χ2n) is 3.05. The molecule has 1 amide bonds. The van der Waals surface area contributed by atoms with Gasteiger partial charge in [0.1, 0.15) is 11.2 Å². The highest BCUT2D eigenvalue weighted by Gasteiger charge is 2.12. The molecule has 4 N–H and O–H groups in total. The molecule has 0 aliphatic rings. The number of anilines is 2. The van der Waals surface area contributed by atoms with E-state index in [9.17, 15) is 4.79 Å². The van der Waals surface area contributed by atoms with Gasteiger partial charge in [-0.05, 0) is 19.1 Å². The van der Waals surface area contributed by atoms with Crippen molar-refractivity contribution in [3.05, 3.63) is 17.3 Å². The molecule has 1 aromatic rings. The minimum atomic E-state index is -0.414. The molecule has 0 aliphatic heterocycles. The minimum absolute atomic E-state index is 0.142. The smallest absolute Gasteiger partial charge is 0.241 e. The predicted molar refractivity (Wildman–Crippen MR) is 60.8 cm³/mol. The number of carbonyl (C=O) groups excluding carboxylic acids is 1. The van der Waals surface area contributed by atoms with Gasteiger partial charge in [0.2, 0.25) is 5.91 Å². The van der Waals surface area contributed by atoms with Crippen molar-refractivity contribution >= 4 is 29.0 Å². The Morgan fingerprint density at radius 2 is 2.27 bits per heavy atom. The Bertz CT molecular complexity index is 369. The van der Waals surface area contributed by atoms with Crippen molar-refractivity contribution in [2.24, 2.45) is 0 Å². The average molecular weight is 229 g/mol. The highest BCUT2D eigenvalue weighted by atomic mass is 35.5. The molecule has 0 bridgehead atoms. The molecule has 1 heterocycles. The molecule has 82 valence electrons. The van der Waals surface area contributed by atoms with Gasteiger partial charge in [-0.15, -0.1) is 0 Å². The van der Waals surface area contributed by atoms with Crippen molar-refractivity contribution in [3.8, 4) is 0 Å². The number of hydrogen-bond donors (Lipinski definition) is 3. The minimum Gasteiger partial charge on any atom is -0.396 e. The van der Waals surface area contributed by atoms with Crippen molar-refractivity contribution in [3.63, 3.8) is 0 Å². The van der Waals surface area contributed by atoms with Gasteiger partial charge in [-0.2, -0.15) is 0 Å². The predicted octanol–water partition coefficient (Wildman–Crippen LogP) is 0.864. The van der Waals surface area contributed by atoms with Crippen molar-refractivity contribution in [1.82, 2.24) is 10.3 Å². The van der Waals surface area contributed by atoms with Gasteiger partial charge < -0.3 is 16.4 Å². The van der Waals surface area contributed by atoms with E-state index in [0.717, 1.165) is 0 Å². The van der Waals surface area contributed by atoms with E-state index in [1.165, 1.54) is 0 Å². The first kappa shape index (κ1) is 11.6. The molecule has 0 saturated carbocycles. The summed E-state index contributed by atoms with van der Waals surface area (Å²) < 4.78 is 0. The SMILES string of the molecule is CNC(=O)C(C)Nc1nc(Cl)ccc1N. The van der Waals surface area contributed by atoms with Crippen LogP contribution in [0.2, 0.25) is 5.15 Å². The van der Waals surface area contributed by atoms with Crippen LogP contribution in [0.4, 0.5) is 11.5 Å². The number of aromatic nitrogens is 1. The van der Waals surface area contributed by atoms with Crippen LogP contribution in [-0.2, 0) is 4.79 Å². The van der Waals surface area contributed by atoms with Gasteiger partial charge in [0, 0.05) is 7.05 Å². The van der Waals surface area contributed by atoms with Crippen molar-refractivity contribution in [2.45, 2.75) is 13.0 Å². The molecule has 1 rings (SSSR count). The van der Waals surface area contributed by atoms with E-state index in [0.29, 0.717) is 16.7 Å². The standard InChI is InChI=1S/C9H13ClN4O/c1-5(9(15)12-2)13-8-6(11)3-4-7(10)14-8/h3-5H,11H2,1-2H3,(H,12,15)(H,13,14). The summed E-state index contributed by atoms with van der Waals surface area (Å²) in [7, 11) is 1.56. The zero-order chi connectivity index (χ0) is 11.4. The van der Waals surface area contributed by atoms with Gasteiger partial charge in [-0.3, -0.25) is 4.79 Å². The van der Waals surface area contributed by atoms with Gasteiger partial charge in [0.05, 0.1) is 5.69 Å². The van der Waals surface area contributed by atoms with Gasteiger partial charge in [0.25, 0.3) is 0 Å². The summed E-state index contributed by atoms with van der Waals surface area (Å²) in [5, 5.41) is 5.71. The van der Waals surface area contributed by atoms with Crippen LogP contribution in [0, 0.1) is 0 Å². The van der Waals surface area contributed by atoms with Crippen LogP contribution >= 0.6 is 11.6 Å². The zero-order valence-electron chi connectivity index (χ0n) is 8.54. The number of nitrogen functional groups attached to an aromatic ring is 1. The third-order valence-corrected chi connectivity index (χ3v) is 2.10. The molecule has 15 heavy (non-hydrogen) atoms. The van der Waals surface area contributed by atoms with Crippen molar-refractivity contribution < 1.29 is 4.79 Å². The average Bonchev–Trinajstić information content (AvgIpc) is 2.22. The lowest BCUT2D eigenvalue weighted by atomic mass is 10.3. The number of hydrogen-bond acceptors (Lipinski definition) is 4. The first-order valence-corrected chi connectivity index (χ1v) is 4.82. The molecule has 1 atom stereocenters. The van der Waals surface area contributed by atoms with Crippen molar-refractivity contribution in [1.29, 1.82) is 0 Å². The first-order valence-electron chi connectivity index (χ1n) is 4.44. The van der Waals surface area contributed by atoms with Crippen LogP contribution in [0.3, 0.4) is 0 Å². The molecular formula is C9H13ClN4O. The second-order valence-corrected chi connectivity index (χ2v) is 3.44. The molecule has 5 nitrogen and oxygen atoms in total. The molecule has 1 unspecified atom stereocenters. The Hall–Kier alpha value is -1.49. The molecule has 0 radical (unpaired) electrons. The summed E-state index contributed by atoms with van der Waals surface area (Å²) in [5.41, 5.74) is 6.12. The number of carbonyl (C=O) groups is 1. The van der Waals surface area contributed by atoms with Crippen LogP contribution < -0.4 is 16.4 Å². The lowest BCUT2D eigenvalue weighted by Gasteiger charge is -2.14. The summed E-state index contributed by atoms with van der Waals surface area (Å²) in [6.45, 7) is 1.71. The normalized spacial score (nSPS) is 11.9. The van der Waals surface area contributed by atoms with E-state index in [1.54, 1.807) is 26.1 Å². The fourth-order valence-electron chi connectivity index (χ4n) is 1.05. The molecule has 0 spiro atoms. The number of pyridine rings is 1. The van der Waals surface area contributed by atoms with Crippen LogP contribution in [0.1, 0.15) is 6.92 Å². The number of likely N-dealkylation sites (N-methyl/N-ethyl adjacent to an activating group) is 1. The molecule has 0 fully saturated rings. The van der Waals surface area contributed by atoms with Crippen LogP contribution in [0.15, 0.2) is 12.1 Å². The van der Waals surface area contributed by atoms with E-state index in [1.807, 2.05) is 0 Å². The number of nitrogens with two attached hydrogens (primary N) is 1. The van der Waals surface area contributed by atoms with Gasteiger partial charge >= 0.3 is 0 Å². The van der Waals surface area contributed by atoms with E-state index in [4.69, 9.17) is 17.3 Å². The zero-order valence-corrected chi connectivity index (χ0v) is 9.30. The quantitative estimate of drug-likeness (QED) is 0.671. The fraction of sp³-hybridized carbons (Fsp3) is 0.333. The maximum absolute atomic E-state index is 11.2. The topological polar surface area (TPSA) is 80.0 Å². The Balaban J connectivity index is 2.80. The molecule has 0 aliphatic carbocycles. The third-order valence-electron chi connectivity index (χ3n) is 1.89. The Kier molecular flexibility index (Phi) is 3.74. The van der Waals surface area contributed by atoms with E-state index >= 15 is 0 Å².